The van der Waals surface area contributed by atoms with Crippen molar-refractivity contribution in [2.75, 3.05) is 16.1 Å². The number of hydrazine groups is 1. The van der Waals surface area contributed by atoms with Crippen LogP contribution in [0.4, 0.5) is 17.1 Å². The van der Waals surface area contributed by atoms with E-state index < -0.39 is 47.4 Å². The minimum atomic E-state index is -4.94. The van der Waals surface area contributed by atoms with Crippen molar-refractivity contribution >= 4 is 55.0 Å². The van der Waals surface area contributed by atoms with E-state index in [9.17, 15) is 40.3 Å². The van der Waals surface area contributed by atoms with Crippen molar-refractivity contribution in [3.05, 3.63) is 112 Å². The van der Waals surface area contributed by atoms with Gasteiger partial charge in [0.2, 0.25) is 5.91 Å². The smallest absolute Gasteiger partial charge is 0.294 e. The minimum absolute atomic E-state index is 0.111. The normalized spacial score (nSPS) is 11.4. The van der Waals surface area contributed by atoms with Crippen LogP contribution in [0.1, 0.15) is 49.9 Å². The molecule has 0 bridgehead atoms. The lowest BCUT2D eigenvalue weighted by Crippen LogP contribution is -2.26. The van der Waals surface area contributed by atoms with Crippen LogP contribution in [0.3, 0.4) is 0 Å². The highest BCUT2D eigenvalue weighted by Gasteiger charge is 2.22. The summed E-state index contributed by atoms with van der Waals surface area (Å²) in [6, 6.07) is 19.0. The Morgan fingerprint density at radius 3 is 1.76 bits per heavy atom. The Hall–Kier alpha value is -5.09. The molecule has 4 aromatic carbocycles. The summed E-state index contributed by atoms with van der Waals surface area (Å²) >= 11 is 0. The number of amides is 3. The molecule has 0 aliphatic carbocycles. The van der Waals surface area contributed by atoms with Gasteiger partial charge in [-0.3, -0.25) is 34.3 Å². The van der Waals surface area contributed by atoms with E-state index in [1.54, 1.807) is 30.3 Å². The first-order chi connectivity index (χ1) is 21.5. The average molecular weight is 667 g/mol. The van der Waals surface area contributed by atoms with E-state index in [-0.39, 0.29) is 17.2 Å². The number of aryl methyl sites for hydroxylation is 2. The van der Waals surface area contributed by atoms with Crippen LogP contribution in [-0.4, -0.2) is 43.7 Å². The zero-order chi connectivity index (χ0) is 33.8. The number of hydrogen-bond acceptors (Lipinski definition) is 8. The second-order valence-corrected chi connectivity index (χ2v) is 13.3. The van der Waals surface area contributed by atoms with Crippen molar-refractivity contribution in [1.82, 2.24) is 5.43 Å². The van der Waals surface area contributed by atoms with Crippen molar-refractivity contribution in [1.29, 1.82) is 0 Å². The maximum Gasteiger partial charge on any atom is 0.294 e. The second-order valence-electron chi connectivity index (χ2n) is 10.4. The predicted octanol–water partition coefficient (Wildman–Crippen LogP) is 4.36. The number of rotatable bonds is 10. The number of hydrogen-bond donors (Lipinski definition) is 6. The first kappa shape index (κ1) is 33.8. The Bertz CT molecular complexity index is 2010. The molecule has 4 aromatic rings. The number of benzene rings is 4. The molecule has 0 fully saturated rings. The summed E-state index contributed by atoms with van der Waals surface area (Å²) in [7, 11) is -9.89. The Balaban J connectivity index is 1.68. The maximum atomic E-state index is 13.6. The van der Waals surface area contributed by atoms with E-state index in [2.05, 4.69) is 21.5 Å². The van der Waals surface area contributed by atoms with Crippen LogP contribution < -0.4 is 21.5 Å². The molecule has 46 heavy (non-hydrogen) atoms. The molecule has 240 valence electrons. The van der Waals surface area contributed by atoms with E-state index in [4.69, 9.17) is 0 Å². The Labute approximate surface area is 265 Å². The second kappa shape index (κ2) is 13.5. The largest absolute Gasteiger partial charge is 0.322 e. The first-order valence-corrected chi connectivity index (χ1v) is 16.4. The van der Waals surface area contributed by atoms with Crippen LogP contribution in [0, 0.1) is 13.8 Å². The maximum absolute atomic E-state index is 13.6. The van der Waals surface area contributed by atoms with Gasteiger partial charge in [0.05, 0.1) is 15.5 Å². The van der Waals surface area contributed by atoms with Crippen molar-refractivity contribution in [2.45, 2.75) is 37.0 Å². The number of carbonyl (C=O) groups is 3. The monoisotopic (exact) mass is 666 g/mol. The van der Waals surface area contributed by atoms with Gasteiger partial charge in [-0.1, -0.05) is 29.8 Å². The molecule has 0 atom stereocenters. The summed E-state index contributed by atoms with van der Waals surface area (Å²) in [5.41, 5.74) is 9.65. The molecular formula is C31H30N4O9S2. The standard InChI is InChI=1S/C31H30N4O9S2/c1-18-4-5-21(19(2)12-18)13-22-6-7-26(16-29(22)31(38)32-24-8-10-25(11-9-24)35-34-20(3)36)33-30(37)23-14-27(45(39,40)41)17-28(15-23)46(42,43)44/h4-12,14-17,35H,13H2,1-3H3,(H,32,38)(H,33,37)(H,34,36)(H,39,40,41)(H,42,43,44). The average Bonchev–Trinajstić information content (AvgIpc) is 2.97. The number of nitrogens with one attached hydrogen (secondary N) is 4. The van der Waals surface area contributed by atoms with E-state index >= 15 is 0 Å². The number of anilines is 3. The molecule has 0 saturated carbocycles. The zero-order valence-corrected chi connectivity index (χ0v) is 26.4. The van der Waals surface area contributed by atoms with Gasteiger partial charge in [0.15, 0.2) is 0 Å². The molecule has 13 nitrogen and oxygen atoms in total. The Morgan fingerprint density at radius 1 is 0.652 bits per heavy atom. The predicted molar refractivity (Wildman–Crippen MR) is 171 cm³/mol. The van der Waals surface area contributed by atoms with E-state index in [0.717, 1.165) is 28.8 Å². The van der Waals surface area contributed by atoms with Crippen molar-refractivity contribution in [3.8, 4) is 0 Å². The van der Waals surface area contributed by atoms with Crippen LogP contribution >= 0.6 is 0 Å². The van der Waals surface area contributed by atoms with E-state index in [1.807, 2.05) is 32.0 Å². The minimum Gasteiger partial charge on any atom is -0.322 e. The van der Waals surface area contributed by atoms with Crippen molar-refractivity contribution in [2.24, 2.45) is 0 Å². The molecule has 4 rings (SSSR count). The van der Waals surface area contributed by atoms with Gasteiger partial charge in [-0.25, -0.2) is 0 Å². The molecule has 0 aliphatic heterocycles. The van der Waals surface area contributed by atoms with Gasteiger partial charge in [0.25, 0.3) is 32.1 Å². The summed E-state index contributed by atoms with van der Waals surface area (Å²) in [5, 5.41) is 5.31. The molecule has 3 amide bonds. The fourth-order valence-corrected chi connectivity index (χ4v) is 5.65. The first-order valence-electron chi connectivity index (χ1n) is 13.5. The Morgan fingerprint density at radius 2 is 1.20 bits per heavy atom. The molecule has 0 aliphatic rings. The van der Waals surface area contributed by atoms with Gasteiger partial charge >= 0.3 is 0 Å². The van der Waals surface area contributed by atoms with Gasteiger partial charge in [0, 0.05) is 29.4 Å². The summed E-state index contributed by atoms with van der Waals surface area (Å²) in [6.07, 6.45) is 0.372. The van der Waals surface area contributed by atoms with Crippen LogP contribution in [0.25, 0.3) is 0 Å². The van der Waals surface area contributed by atoms with Gasteiger partial charge in [-0.15, -0.1) is 0 Å². The molecule has 15 heteroatoms. The fraction of sp³-hybridized carbons (Fsp3) is 0.129. The fourth-order valence-electron chi connectivity index (χ4n) is 4.47. The molecule has 6 N–H and O–H groups in total. The third-order valence-corrected chi connectivity index (χ3v) is 8.42. The van der Waals surface area contributed by atoms with Gasteiger partial charge in [-0.2, -0.15) is 16.8 Å². The lowest BCUT2D eigenvalue weighted by atomic mass is 9.95. The molecule has 0 unspecified atom stereocenters. The third kappa shape index (κ3) is 8.76. The third-order valence-electron chi connectivity index (χ3n) is 6.75. The number of carbonyl (C=O) groups excluding carboxylic acids is 3. The highest BCUT2D eigenvalue weighted by molar-refractivity contribution is 7.86. The molecule has 0 heterocycles. The summed E-state index contributed by atoms with van der Waals surface area (Å²) < 4.78 is 65.7. The molecule has 0 spiro atoms. The highest BCUT2D eigenvalue weighted by atomic mass is 32.2. The topological polar surface area (TPSA) is 208 Å². The summed E-state index contributed by atoms with van der Waals surface area (Å²) in [5.74, 6) is -1.78. The summed E-state index contributed by atoms with van der Waals surface area (Å²) in [6.45, 7) is 5.27. The summed E-state index contributed by atoms with van der Waals surface area (Å²) in [4.78, 5) is 36.0. The molecule has 0 radical (unpaired) electrons. The van der Waals surface area contributed by atoms with Crippen LogP contribution in [-0.2, 0) is 31.5 Å². The highest BCUT2D eigenvalue weighted by Crippen LogP contribution is 2.25. The lowest BCUT2D eigenvalue weighted by molar-refractivity contribution is -0.118. The van der Waals surface area contributed by atoms with Gasteiger partial charge in [0.1, 0.15) is 0 Å². The zero-order valence-electron chi connectivity index (χ0n) is 24.8. The van der Waals surface area contributed by atoms with Gasteiger partial charge in [-0.05, 0) is 91.6 Å². The van der Waals surface area contributed by atoms with Gasteiger partial charge < -0.3 is 10.6 Å². The quantitative estimate of drug-likeness (QED) is 0.104. The van der Waals surface area contributed by atoms with E-state index in [1.165, 1.54) is 19.1 Å². The van der Waals surface area contributed by atoms with Crippen LogP contribution in [0.15, 0.2) is 88.7 Å². The Kier molecular flexibility index (Phi) is 9.92. The van der Waals surface area contributed by atoms with Crippen LogP contribution in [0.5, 0.6) is 0 Å². The lowest BCUT2D eigenvalue weighted by Gasteiger charge is -2.15. The molecular weight excluding hydrogens is 636 g/mol. The SMILES string of the molecule is CC(=O)NNc1ccc(NC(=O)c2cc(NC(=O)c3cc(S(=O)(=O)O)cc(S(=O)(=O)O)c3)ccc2Cc2ccc(C)cc2C)cc1. The van der Waals surface area contributed by atoms with Crippen molar-refractivity contribution in [3.63, 3.8) is 0 Å². The van der Waals surface area contributed by atoms with E-state index in [0.29, 0.717) is 29.4 Å². The van der Waals surface area contributed by atoms with Crippen LogP contribution in [0.2, 0.25) is 0 Å². The molecule has 0 saturated heterocycles. The molecule has 0 aromatic heterocycles. The van der Waals surface area contributed by atoms with Crippen molar-refractivity contribution < 1.29 is 40.3 Å².